The van der Waals surface area contributed by atoms with Crippen LogP contribution in [0.1, 0.15) is 0 Å². The maximum absolute atomic E-state index is 11.6. The summed E-state index contributed by atoms with van der Waals surface area (Å²) in [6, 6.07) is 0. The Morgan fingerprint density at radius 3 is 2.76 bits per heavy atom. The van der Waals surface area contributed by atoms with Crippen molar-refractivity contribution in [3.63, 3.8) is 0 Å². The monoisotopic (exact) mass is 306 g/mol. The zero-order valence-corrected chi connectivity index (χ0v) is 10.7. The Labute approximate surface area is 115 Å². The van der Waals surface area contributed by atoms with Crippen LogP contribution < -0.4 is 16.6 Å². The topological polar surface area (TPSA) is 108 Å². The number of nitrogens with two attached hydrogens (primary N) is 1. The Hall–Kier alpha value is -1.34. The van der Waals surface area contributed by atoms with Crippen molar-refractivity contribution in [2.24, 2.45) is 5.73 Å². The number of hydrogen-bond acceptors (Lipinski definition) is 4. The van der Waals surface area contributed by atoms with E-state index in [1.807, 2.05) is 0 Å². The predicted molar refractivity (Wildman–Crippen MR) is 64.0 cm³/mol. The van der Waals surface area contributed by atoms with E-state index in [2.05, 4.69) is 23.1 Å². The van der Waals surface area contributed by atoms with Gasteiger partial charge in [-0.25, -0.2) is 0 Å². The molecule has 0 spiro atoms. The summed E-state index contributed by atoms with van der Waals surface area (Å²) < 4.78 is 4.88. The van der Waals surface area contributed by atoms with Gasteiger partial charge in [-0.15, -0.1) is 0 Å². The van der Waals surface area contributed by atoms with Gasteiger partial charge in [-0.2, -0.15) is 0 Å². The number of allylic oxidation sites excluding steroid dienone is 4. The van der Waals surface area contributed by atoms with Crippen molar-refractivity contribution in [2.75, 3.05) is 7.11 Å². The van der Waals surface area contributed by atoms with Crippen LogP contribution in [0.3, 0.4) is 0 Å². The van der Waals surface area contributed by atoms with Crippen molar-refractivity contribution in [3.8, 4) is 0 Å². The summed E-state index contributed by atoms with van der Waals surface area (Å²) >= 11 is 4.57. The van der Waals surface area contributed by atoms with Crippen molar-refractivity contribution in [1.82, 2.24) is 10.9 Å². The molecule has 0 unspecified atom stereocenters. The molecule has 6 nitrogen and oxygen atoms in total. The van der Waals surface area contributed by atoms with Gasteiger partial charge in [0.25, 0.3) is 0 Å². The van der Waals surface area contributed by atoms with Crippen LogP contribution in [-0.2, 0) is 26.6 Å². The number of thiocarbonyl (C=S) groups is 1. The first-order valence-corrected chi connectivity index (χ1v) is 4.54. The van der Waals surface area contributed by atoms with E-state index in [0.29, 0.717) is 11.3 Å². The largest absolute Gasteiger partial charge is 0.493 e. The number of rotatable bonds is 3. The van der Waals surface area contributed by atoms with Gasteiger partial charge in [-0.1, -0.05) is 6.08 Å². The number of Topliss-reactive ketones (excluding diaryl/α,β-unsaturated/α-hetero) is 1. The maximum atomic E-state index is 11.6. The number of hydrazine groups is 1. The molecule has 0 aromatic carbocycles. The minimum absolute atomic E-state index is 0. The molecule has 0 aromatic heterocycles. The van der Waals surface area contributed by atoms with Crippen molar-refractivity contribution < 1.29 is 32.1 Å². The van der Waals surface area contributed by atoms with Crippen LogP contribution in [0, 0.1) is 0 Å². The van der Waals surface area contributed by atoms with Crippen molar-refractivity contribution in [2.45, 2.75) is 0 Å². The Kier molecular flexibility index (Phi) is 9.31. The van der Waals surface area contributed by atoms with E-state index in [1.54, 1.807) is 18.2 Å². The number of nitrogens with one attached hydrogen (secondary N) is 2. The minimum Gasteiger partial charge on any atom is -0.493 e. The SMILES string of the molecule is COC1=CC=C/C(=C/NNC(N)=S)C1=O.O.[Cu]. The Morgan fingerprint density at radius 1 is 1.59 bits per heavy atom. The number of ketones is 1. The summed E-state index contributed by atoms with van der Waals surface area (Å²) in [7, 11) is 1.45. The summed E-state index contributed by atoms with van der Waals surface area (Å²) in [5.74, 6) is 0.0955. The third-order valence-corrected chi connectivity index (χ3v) is 1.75. The molecule has 99 valence electrons. The summed E-state index contributed by atoms with van der Waals surface area (Å²) in [5.41, 5.74) is 10.7. The van der Waals surface area contributed by atoms with Gasteiger partial charge < -0.3 is 21.4 Å². The third kappa shape index (κ3) is 5.50. The van der Waals surface area contributed by atoms with Gasteiger partial charge in [0.05, 0.1) is 7.11 Å². The summed E-state index contributed by atoms with van der Waals surface area (Å²) in [4.78, 5) is 11.6. The number of carbonyl (C=O) groups excluding carboxylic acids is 1. The summed E-state index contributed by atoms with van der Waals surface area (Å²) in [5, 5.41) is 0.0987. The molecule has 1 aliphatic carbocycles. The molecule has 0 fully saturated rings. The van der Waals surface area contributed by atoms with E-state index in [4.69, 9.17) is 10.5 Å². The van der Waals surface area contributed by atoms with Crippen LogP contribution in [0.5, 0.6) is 0 Å². The van der Waals surface area contributed by atoms with E-state index in [-0.39, 0.29) is 33.4 Å². The molecule has 0 saturated heterocycles. The van der Waals surface area contributed by atoms with Crippen LogP contribution in [0.15, 0.2) is 35.8 Å². The number of methoxy groups -OCH3 is 1. The molecule has 0 aromatic rings. The maximum Gasteiger partial charge on any atom is 0.229 e. The molecule has 0 atom stereocenters. The Morgan fingerprint density at radius 2 is 2.24 bits per heavy atom. The molecule has 1 radical (unpaired) electrons. The first kappa shape index (κ1) is 18.0. The zero-order valence-electron chi connectivity index (χ0n) is 8.91. The number of ether oxygens (including phenoxy) is 1. The van der Waals surface area contributed by atoms with Crippen LogP contribution in [0.4, 0.5) is 0 Å². The van der Waals surface area contributed by atoms with Gasteiger partial charge in [-0.05, 0) is 24.4 Å². The normalized spacial score (nSPS) is 15.2. The molecule has 0 heterocycles. The molecule has 0 amide bonds. The smallest absolute Gasteiger partial charge is 0.229 e. The Balaban J connectivity index is 0. The second kappa shape index (κ2) is 8.77. The first-order chi connectivity index (χ1) is 7.15. The zero-order chi connectivity index (χ0) is 11.3. The third-order valence-electron chi connectivity index (χ3n) is 1.65. The van der Waals surface area contributed by atoms with E-state index in [1.165, 1.54) is 13.3 Å². The van der Waals surface area contributed by atoms with Crippen LogP contribution >= 0.6 is 12.2 Å². The van der Waals surface area contributed by atoms with E-state index in [9.17, 15) is 4.79 Å². The standard InChI is InChI=1S/C9H11N3O2S.Cu.H2O/c1-14-7-4-2-3-6(8(7)13)5-11-12-9(10)15;;/h2-5,11H,1H3,(H3,10,12,15);;1H2/b6-5-;;. The molecule has 1 rings (SSSR count). The Bertz CT molecular complexity index is 380. The van der Waals surface area contributed by atoms with Crippen LogP contribution in [0.25, 0.3) is 0 Å². The quantitative estimate of drug-likeness (QED) is 0.268. The molecular weight excluding hydrogens is 294 g/mol. The molecule has 8 heteroatoms. The molecule has 0 bridgehead atoms. The minimum atomic E-state index is -0.197. The summed E-state index contributed by atoms with van der Waals surface area (Å²) in [6.07, 6.45) is 6.43. The fourth-order valence-electron chi connectivity index (χ4n) is 0.992. The second-order valence-electron chi connectivity index (χ2n) is 2.66. The fraction of sp³-hybridized carbons (Fsp3) is 0.111. The van der Waals surface area contributed by atoms with Gasteiger partial charge >= 0.3 is 0 Å². The fourth-order valence-corrected chi connectivity index (χ4v) is 1.05. The van der Waals surface area contributed by atoms with Gasteiger partial charge in [0.15, 0.2) is 10.9 Å². The van der Waals surface area contributed by atoms with Crippen LogP contribution in [0.2, 0.25) is 0 Å². The second-order valence-corrected chi connectivity index (χ2v) is 3.10. The molecule has 0 saturated carbocycles. The van der Waals surface area contributed by atoms with Crippen molar-refractivity contribution in [3.05, 3.63) is 35.8 Å². The summed E-state index contributed by atoms with van der Waals surface area (Å²) in [6.45, 7) is 0. The van der Waals surface area contributed by atoms with E-state index >= 15 is 0 Å². The van der Waals surface area contributed by atoms with Gasteiger partial charge in [-0.3, -0.25) is 10.2 Å². The van der Waals surface area contributed by atoms with Gasteiger partial charge in [0.2, 0.25) is 5.78 Å². The average Bonchev–Trinajstić information content (AvgIpc) is 2.20. The van der Waals surface area contributed by atoms with E-state index < -0.39 is 0 Å². The molecule has 0 aliphatic heterocycles. The molecule has 17 heavy (non-hydrogen) atoms. The van der Waals surface area contributed by atoms with Crippen molar-refractivity contribution in [1.29, 1.82) is 0 Å². The van der Waals surface area contributed by atoms with E-state index in [0.717, 1.165) is 0 Å². The molecular formula is C9H13CuN3O3S. The van der Waals surface area contributed by atoms with Crippen LogP contribution in [-0.4, -0.2) is 23.5 Å². The van der Waals surface area contributed by atoms with Gasteiger partial charge in [0, 0.05) is 28.8 Å². The van der Waals surface area contributed by atoms with Crippen molar-refractivity contribution >= 4 is 23.1 Å². The molecule has 6 N–H and O–H groups in total. The molecule has 1 aliphatic rings. The number of hydrogen-bond donors (Lipinski definition) is 3. The number of carbonyl (C=O) groups is 1. The average molecular weight is 307 g/mol. The predicted octanol–water partition coefficient (Wildman–Crippen LogP) is -0.950. The van der Waals surface area contributed by atoms with Gasteiger partial charge in [0.1, 0.15) is 0 Å². The first-order valence-electron chi connectivity index (χ1n) is 4.13.